The van der Waals surface area contributed by atoms with Gasteiger partial charge in [0.05, 0.1) is 34.9 Å². The Morgan fingerprint density at radius 2 is 1.92 bits per heavy atom. The number of benzene rings is 2. The van der Waals surface area contributed by atoms with E-state index < -0.39 is 22.9 Å². The molecule has 0 atom stereocenters. The summed E-state index contributed by atoms with van der Waals surface area (Å²) in [4.78, 5) is 40.0. The van der Waals surface area contributed by atoms with Crippen LogP contribution in [0.1, 0.15) is 44.9 Å². The second-order valence-corrected chi connectivity index (χ2v) is 11.0. The number of aromatic nitrogens is 4. The first-order valence-corrected chi connectivity index (χ1v) is 12.6. The first-order valence-electron chi connectivity index (χ1n) is 12.6. The highest BCUT2D eigenvalue weighted by molar-refractivity contribution is 6.15. The molecule has 0 unspecified atom stereocenters. The Labute approximate surface area is 222 Å². The van der Waals surface area contributed by atoms with Crippen molar-refractivity contribution in [3.8, 4) is 11.1 Å². The van der Waals surface area contributed by atoms with E-state index in [1.807, 2.05) is 0 Å². The van der Waals surface area contributed by atoms with Crippen molar-refractivity contribution in [2.45, 2.75) is 51.2 Å². The van der Waals surface area contributed by atoms with Crippen LogP contribution in [0.5, 0.6) is 0 Å². The van der Waals surface area contributed by atoms with Crippen LogP contribution >= 0.6 is 0 Å². The van der Waals surface area contributed by atoms with Crippen molar-refractivity contribution in [2.24, 2.45) is 7.05 Å². The van der Waals surface area contributed by atoms with Crippen molar-refractivity contribution in [1.29, 1.82) is 0 Å². The van der Waals surface area contributed by atoms with Gasteiger partial charge in [0.15, 0.2) is 0 Å². The number of fused-ring (bicyclic) bond motifs is 3. The Bertz CT molecular complexity index is 1730. The smallest absolute Gasteiger partial charge is 0.407 e. The number of ether oxygens (including phenoxy) is 1. The largest absolute Gasteiger partial charge is 0.444 e. The van der Waals surface area contributed by atoms with Gasteiger partial charge in [-0.2, -0.15) is 10.2 Å². The molecule has 1 fully saturated rings. The molecule has 2 amide bonds. The lowest BCUT2D eigenvalue weighted by Gasteiger charge is -2.20. The van der Waals surface area contributed by atoms with Gasteiger partial charge < -0.3 is 10.1 Å². The number of carbonyl (C=O) groups is 2. The standard InChI is InChI=1S/C28H27FN6O4/c1-27(2,3)39-26(38)30-14-21-18-11-15(5-7-17(18)23(36)33-32-21)19-13-31-34(4)24(19)35-22-12-16(29)6-8-20(22)28(9-10-28)25(35)37/h5-8,11-13H,9-10,14H2,1-4H3,(H,30,38)(H,33,36). The highest BCUT2D eigenvalue weighted by atomic mass is 19.1. The fourth-order valence-electron chi connectivity index (χ4n) is 5.24. The van der Waals surface area contributed by atoms with Crippen LogP contribution in [0.25, 0.3) is 21.9 Å². The van der Waals surface area contributed by atoms with Gasteiger partial charge in [0.25, 0.3) is 5.56 Å². The molecule has 10 nitrogen and oxygen atoms in total. The average molecular weight is 531 g/mol. The molecule has 2 N–H and O–H groups in total. The normalized spacial score (nSPS) is 15.6. The zero-order valence-corrected chi connectivity index (χ0v) is 22.0. The Hall–Kier alpha value is -4.54. The molecule has 1 spiro atoms. The van der Waals surface area contributed by atoms with E-state index in [1.165, 1.54) is 12.1 Å². The Morgan fingerprint density at radius 1 is 1.15 bits per heavy atom. The van der Waals surface area contributed by atoms with Crippen molar-refractivity contribution in [1.82, 2.24) is 25.3 Å². The molecule has 2 aromatic carbocycles. The number of aryl methyl sites for hydroxylation is 1. The van der Waals surface area contributed by atoms with E-state index in [-0.39, 0.29) is 18.0 Å². The van der Waals surface area contributed by atoms with E-state index in [4.69, 9.17) is 4.74 Å². The first-order chi connectivity index (χ1) is 18.5. The fraction of sp³-hybridized carbons (Fsp3) is 0.321. The molecule has 200 valence electrons. The highest BCUT2D eigenvalue weighted by Crippen LogP contribution is 2.59. The third-order valence-electron chi connectivity index (χ3n) is 7.18. The lowest BCUT2D eigenvalue weighted by atomic mass is 9.98. The molecular formula is C28H27FN6O4. The molecule has 39 heavy (non-hydrogen) atoms. The van der Waals surface area contributed by atoms with E-state index in [2.05, 4.69) is 20.6 Å². The maximum absolute atomic E-state index is 14.3. The number of rotatable bonds is 4. The third-order valence-corrected chi connectivity index (χ3v) is 7.18. The second-order valence-electron chi connectivity index (χ2n) is 11.0. The minimum Gasteiger partial charge on any atom is -0.444 e. The number of hydrogen-bond donors (Lipinski definition) is 2. The van der Waals surface area contributed by atoms with E-state index >= 15 is 0 Å². The minimum atomic E-state index is -0.665. The van der Waals surface area contributed by atoms with Crippen molar-refractivity contribution in [2.75, 3.05) is 4.90 Å². The van der Waals surface area contributed by atoms with Crippen LogP contribution in [0.15, 0.2) is 47.4 Å². The summed E-state index contributed by atoms with van der Waals surface area (Å²) in [5.41, 5.74) is 1.43. The number of alkyl carbamates (subject to hydrolysis) is 1. The maximum Gasteiger partial charge on any atom is 0.407 e. The first kappa shape index (κ1) is 24.8. The summed E-state index contributed by atoms with van der Waals surface area (Å²) in [6, 6.07) is 9.69. The van der Waals surface area contributed by atoms with Crippen molar-refractivity contribution in [3.63, 3.8) is 0 Å². The van der Waals surface area contributed by atoms with Gasteiger partial charge in [-0.15, -0.1) is 0 Å². The van der Waals surface area contributed by atoms with Crippen LogP contribution in [0.2, 0.25) is 0 Å². The number of hydrogen-bond acceptors (Lipinski definition) is 6. The van der Waals surface area contributed by atoms with Gasteiger partial charge in [0, 0.05) is 18.0 Å². The lowest BCUT2D eigenvalue weighted by molar-refractivity contribution is -0.119. The van der Waals surface area contributed by atoms with Crippen molar-refractivity contribution >= 4 is 34.3 Å². The molecule has 0 radical (unpaired) electrons. The SMILES string of the molecule is Cn1ncc(-c2ccc3c(=O)[nH]nc(CNC(=O)OC(C)(C)C)c3c2)c1N1C(=O)C2(CC2)c2ccc(F)cc21. The summed E-state index contributed by atoms with van der Waals surface area (Å²) in [5, 5.41) is 14.6. The van der Waals surface area contributed by atoms with Gasteiger partial charge in [-0.25, -0.2) is 14.3 Å². The van der Waals surface area contributed by atoms with Crippen LogP contribution in [-0.2, 0) is 28.5 Å². The molecule has 0 saturated heterocycles. The van der Waals surface area contributed by atoms with Gasteiger partial charge in [-0.1, -0.05) is 12.1 Å². The topological polar surface area (TPSA) is 122 Å². The summed E-state index contributed by atoms with van der Waals surface area (Å²) >= 11 is 0. The summed E-state index contributed by atoms with van der Waals surface area (Å²) in [7, 11) is 1.73. The zero-order valence-electron chi connectivity index (χ0n) is 22.0. The average Bonchev–Trinajstić information content (AvgIpc) is 3.54. The lowest BCUT2D eigenvalue weighted by Crippen LogP contribution is -2.32. The number of amides is 2. The summed E-state index contributed by atoms with van der Waals surface area (Å²) in [5.74, 6) is -0.0265. The number of aromatic amines is 1. The molecular weight excluding hydrogens is 503 g/mol. The van der Waals surface area contributed by atoms with E-state index in [1.54, 1.807) is 67.9 Å². The van der Waals surface area contributed by atoms with Gasteiger partial charge in [-0.05, 0) is 69.0 Å². The third kappa shape index (κ3) is 4.05. The summed E-state index contributed by atoms with van der Waals surface area (Å²) < 4.78 is 21.2. The number of anilines is 2. The predicted octanol–water partition coefficient (Wildman–Crippen LogP) is 4.20. The number of nitrogens with zero attached hydrogens (tertiary/aromatic N) is 4. The molecule has 11 heteroatoms. The summed E-state index contributed by atoms with van der Waals surface area (Å²) in [6.45, 7) is 5.31. The summed E-state index contributed by atoms with van der Waals surface area (Å²) in [6.07, 6.45) is 2.46. The molecule has 4 aromatic rings. The Morgan fingerprint density at radius 3 is 2.64 bits per heavy atom. The Balaban J connectivity index is 1.43. The van der Waals surface area contributed by atoms with Gasteiger partial charge in [-0.3, -0.25) is 19.2 Å². The van der Waals surface area contributed by atoms with Crippen LogP contribution in [0, 0.1) is 5.82 Å². The van der Waals surface area contributed by atoms with E-state index in [0.717, 1.165) is 5.56 Å². The van der Waals surface area contributed by atoms with E-state index in [9.17, 15) is 18.8 Å². The Kier molecular flexibility index (Phi) is 5.39. The number of H-pyrrole nitrogens is 1. The maximum atomic E-state index is 14.3. The highest BCUT2D eigenvalue weighted by Gasteiger charge is 2.60. The minimum absolute atomic E-state index is 0.0192. The van der Waals surface area contributed by atoms with Crippen LogP contribution in [-0.4, -0.2) is 37.6 Å². The molecule has 1 aliphatic heterocycles. The predicted molar refractivity (Wildman–Crippen MR) is 142 cm³/mol. The van der Waals surface area contributed by atoms with Crippen LogP contribution < -0.4 is 15.8 Å². The zero-order chi connectivity index (χ0) is 27.7. The van der Waals surface area contributed by atoms with Gasteiger partial charge in [0.2, 0.25) is 5.91 Å². The van der Waals surface area contributed by atoms with Crippen LogP contribution in [0.3, 0.4) is 0 Å². The molecule has 0 bridgehead atoms. The molecule has 2 aliphatic rings. The molecule has 3 heterocycles. The van der Waals surface area contributed by atoms with Crippen molar-refractivity contribution in [3.05, 3.63) is 70.0 Å². The molecule has 1 saturated carbocycles. The van der Waals surface area contributed by atoms with Gasteiger partial charge >= 0.3 is 6.09 Å². The molecule has 1 aliphatic carbocycles. The number of halogens is 1. The molecule has 2 aromatic heterocycles. The second kappa shape index (κ2) is 8.48. The monoisotopic (exact) mass is 530 g/mol. The fourth-order valence-corrected chi connectivity index (χ4v) is 5.24. The molecule has 6 rings (SSSR count). The number of nitrogens with one attached hydrogen (secondary N) is 2. The quantitative estimate of drug-likeness (QED) is 0.408. The van der Waals surface area contributed by atoms with Crippen molar-refractivity contribution < 1.29 is 18.7 Å². The number of carbonyl (C=O) groups excluding carboxylic acids is 2. The van der Waals surface area contributed by atoms with Gasteiger partial charge in [0.1, 0.15) is 17.2 Å². The van der Waals surface area contributed by atoms with E-state index in [0.29, 0.717) is 51.9 Å². The van der Waals surface area contributed by atoms with Crippen LogP contribution in [0.4, 0.5) is 20.7 Å².